The van der Waals surface area contributed by atoms with E-state index in [2.05, 4.69) is 9.97 Å². The Morgan fingerprint density at radius 2 is 2.46 bits per heavy atom. The highest BCUT2D eigenvalue weighted by molar-refractivity contribution is 6.28. The Kier molecular flexibility index (Phi) is 1.84. The van der Waals surface area contributed by atoms with Gasteiger partial charge in [0.25, 0.3) is 5.56 Å². The number of hydrogen-bond donors (Lipinski definition) is 1. The first-order chi connectivity index (χ1) is 6.22. The third kappa shape index (κ3) is 1.23. The smallest absolute Gasteiger partial charge is 0.261 e. The van der Waals surface area contributed by atoms with Gasteiger partial charge in [-0.05, 0) is 24.6 Å². The van der Waals surface area contributed by atoms with E-state index >= 15 is 0 Å². The molecule has 0 aromatic carbocycles. The molecule has 0 aliphatic heterocycles. The zero-order chi connectivity index (χ0) is 9.42. The molecule has 13 heavy (non-hydrogen) atoms. The van der Waals surface area contributed by atoms with Gasteiger partial charge in [-0.25, -0.2) is 4.98 Å². The molecule has 0 radical (unpaired) electrons. The number of halogens is 1. The molecule has 4 nitrogen and oxygen atoms in total. The molecular weight excluding hydrogens is 190 g/mol. The Morgan fingerprint density at radius 3 is 3.15 bits per heavy atom. The summed E-state index contributed by atoms with van der Waals surface area (Å²) in [6, 6.07) is 1.74. The minimum atomic E-state index is -0.192. The number of nitrogens with zero attached hydrogens (tertiary/aromatic N) is 2. The van der Waals surface area contributed by atoms with E-state index in [1.54, 1.807) is 6.07 Å². The summed E-state index contributed by atoms with van der Waals surface area (Å²) in [6.45, 7) is 2.76. The highest BCUT2D eigenvalue weighted by Crippen LogP contribution is 2.10. The first-order valence-electron chi connectivity index (χ1n) is 3.97. The van der Waals surface area contributed by atoms with E-state index in [4.69, 9.17) is 11.6 Å². The fraction of sp³-hybridized carbons (Fsp3) is 0.250. The van der Waals surface area contributed by atoms with Crippen LogP contribution < -0.4 is 5.56 Å². The molecule has 0 aliphatic rings. The molecule has 0 spiro atoms. The minimum absolute atomic E-state index is 0.130. The fourth-order valence-corrected chi connectivity index (χ4v) is 1.47. The van der Waals surface area contributed by atoms with Crippen LogP contribution >= 0.6 is 11.6 Å². The largest absolute Gasteiger partial charge is 0.333 e. The molecule has 0 fully saturated rings. The van der Waals surface area contributed by atoms with E-state index in [9.17, 15) is 4.79 Å². The maximum Gasteiger partial charge on any atom is 0.261 e. The van der Waals surface area contributed by atoms with Crippen LogP contribution in [-0.4, -0.2) is 14.5 Å². The highest BCUT2D eigenvalue weighted by atomic mass is 35.5. The molecule has 0 bridgehead atoms. The molecule has 2 aromatic heterocycles. The minimum Gasteiger partial charge on any atom is -0.333 e. The Balaban J connectivity index is 2.90. The first-order valence-corrected chi connectivity index (χ1v) is 4.35. The molecule has 2 heterocycles. The van der Waals surface area contributed by atoms with Crippen molar-refractivity contribution in [2.45, 2.75) is 13.5 Å². The zero-order valence-corrected chi connectivity index (χ0v) is 7.80. The van der Waals surface area contributed by atoms with Crippen molar-refractivity contribution in [1.29, 1.82) is 0 Å². The van der Waals surface area contributed by atoms with Crippen LogP contribution in [0.1, 0.15) is 6.92 Å². The third-order valence-electron chi connectivity index (χ3n) is 1.94. The lowest BCUT2D eigenvalue weighted by atomic mass is 10.4. The van der Waals surface area contributed by atoms with Crippen LogP contribution in [-0.2, 0) is 6.54 Å². The molecule has 5 heteroatoms. The Morgan fingerprint density at radius 1 is 1.69 bits per heavy atom. The monoisotopic (exact) mass is 197 g/mol. The van der Waals surface area contributed by atoms with Crippen molar-refractivity contribution in [3.63, 3.8) is 0 Å². The second kappa shape index (κ2) is 2.88. The summed E-state index contributed by atoms with van der Waals surface area (Å²) in [6.07, 6.45) is 1.82. The van der Waals surface area contributed by atoms with Crippen LogP contribution in [0.25, 0.3) is 11.0 Å². The van der Waals surface area contributed by atoms with E-state index in [1.807, 2.05) is 17.7 Å². The number of H-pyrrole nitrogens is 1. The average Bonchev–Trinajstić information content (AvgIpc) is 2.47. The van der Waals surface area contributed by atoms with Crippen molar-refractivity contribution in [3.8, 4) is 0 Å². The van der Waals surface area contributed by atoms with E-state index in [0.29, 0.717) is 11.0 Å². The van der Waals surface area contributed by atoms with Gasteiger partial charge in [-0.1, -0.05) is 0 Å². The number of aromatic nitrogens is 3. The van der Waals surface area contributed by atoms with Gasteiger partial charge < -0.3 is 4.57 Å². The molecule has 0 aliphatic carbocycles. The van der Waals surface area contributed by atoms with Crippen molar-refractivity contribution >= 4 is 22.6 Å². The topological polar surface area (TPSA) is 50.7 Å². The lowest BCUT2D eigenvalue weighted by Gasteiger charge is -1.98. The van der Waals surface area contributed by atoms with Gasteiger partial charge in [-0.2, -0.15) is 0 Å². The van der Waals surface area contributed by atoms with E-state index in [-0.39, 0.29) is 10.8 Å². The van der Waals surface area contributed by atoms with Crippen LogP contribution in [0.4, 0.5) is 0 Å². The Hall–Kier alpha value is -1.29. The number of hydrogen-bond acceptors (Lipinski definition) is 2. The summed E-state index contributed by atoms with van der Waals surface area (Å²) < 4.78 is 1.87. The van der Waals surface area contributed by atoms with Crippen molar-refractivity contribution in [2.24, 2.45) is 0 Å². The molecular formula is C8H8ClN3O. The summed E-state index contributed by atoms with van der Waals surface area (Å²) in [5.41, 5.74) is 0.443. The lowest BCUT2D eigenvalue weighted by Crippen LogP contribution is -2.08. The molecule has 0 saturated carbocycles. The number of aromatic amines is 1. The number of fused-ring (bicyclic) bond motifs is 1. The summed E-state index contributed by atoms with van der Waals surface area (Å²) in [5.74, 6) is 0. The molecule has 2 aromatic rings. The quantitative estimate of drug-likeness (QED) is 0.703. The summed E-state index contributed by atoms with van der Waals surface area (Å²) in [4.78, 5) is 17.8. The SMILES string of the molecule is CCn1ccc2c(=O)[nH]c(Cl)nc21. The van der Waals surface area contributed by atoms with Gasteiger partial charge in [0, 0.05) is 12.7 Å². The molecule has 68 valence electrons. The van der Waals surface area contributed by atoms with Crippen LogP contribution in [0, 0.1) is 0 Å². The number of rotatable bonds is 1. The van der Waals surface area contributed by atoms with E-state index in [1.165, 1.54) is 0 Å². The Bertz CT molecular complexity index is 500. The highest BCUT2D eigenvalue weighted by Gasteiger charge is 2.05. The van der Waals surface area contributed by atoms with Crippen molar-refractivity contribution in [3.05, 3.63) is 27.9 Å². The molecule has 0 amide bonds. The van der Waals surface area contributed by atoms with Gasteiger partial charge in [0.15, 0.2) is 0 Å². The Labute approximate surface area is 79.2 Å². The normalized spacial score (nSPS) is 10.9. The summed E-state index contributed by atoms with van der Waals surface area (Å²) in [5, 5.41) is 0.706. The van der Waals surface area contributed by atoms with E-state index in [0.717, 1.165) is 6.54 Å². The molecule has 0 saturated heterocycles. The number of aryl methyl sites for hydroxylation is 1. The summed E-state index contributed by atoms with van der Waals surface area (Å²) >= 11 is 5.63. The maximum absolute atomic E-state index is 11.3. The summed E-state index contributed by atoms with van der Waals surface area (Å²) in [7, 11) is 0. The second-order valence-electron chi connectivity index (χ2n) is 2.70. The van der Waals surface area contributed by atoms with Gasteiger partial charge in [0.1, 0.15) is 5.65 Å². The van der Waals surface area contributed by atoms with Gasteiger partial charge in [0.05, 0.1) is 5.39 Å². The maximum atomic E-state index is 11.3. The zero-order valence-electron chi connectivity index (χ0n) is 7.04. The molecule has 2 rings (SSSR count). The average molecular weight is 198 g/mol. The van der Waals surface area contributed by atoms with Gasteiger partial charge in [-0.3, -0.25) is 9.78 Å². The second-order valence-corrected chi connectivity index (χ2v) is 3.05. The standard InChI is InChI=1S/C8H8ClN3O/c1-2-12-4-3-5-6(12)10-8(9)11-7(5)13/h3-4H,2H2,1H3,(H,10,11,13). The molecule has 0 unspecified atom stereocenters. The predicted molar refractivity (Wildman–Crippen MR) is 51.0 cm³/mol. The van der Waals surface area contributed by atoms with Crippen LogP contribution in [0.5, 0.6) is 0 Å². The van der Waals surface area contributed by atoms with E-state index < -0.39 is 0 Å². The van der Waals surface area contributed by atoms with Crippen LogP contribution in [0.2, 0.25) is 5.28 Å². The number of nitrogens with one attached hydrogen (secondary N) is 1. The third-order valence-corrected chi connectivity index (χ3v) is 2.12. The van der Waals surface area contributed by atoms with Gasteiger partial charge >= 0.3 is 0 Å². The lowest BCUT2D eigenvalue weighted by molar-refractivity contribution is 0.786. The van der Waals surface area contributed by atoms with Crippen molar-refractivity contribution in [2.75, 3.05) is 0 Å². The van der Waals surface area contributed by atoms with Gasteiger partial charge in [0.2, 0.25) is 5.28 Å². The molecule has 1 N–H and O–H groups in total. The van der Waals surface area contributed by atoms with Crippen LogP contribution in [0.15, 0.2) is 17.1 Å². The predicted octanol–water partition coefficient (Wildman–Crippen LogP) is 1.40. The van der Waals surface area contributed by atoms with Crippen LogP contribution in [0.3, 0.4) is 0 Å². The van der Waals surface area contributed by atoms with Gasteiger partial charge in [-0.15, -0.1) is 0 Å². The van der Waals surface area contributed by atoms with Crippen molar-refractivity contribution in [1.82, 2.24) is 14.5 Å². The fourth-order valence-electron chi connectivity index (χ4n) is 1.30. The van der Waals surface area contributed by atoms with Crippen molar-refractivity contribution < 1.29 is 0 Å². The first kappa shape index (κ1) is 8.31. The molecule has 0 atom stereocenters.